The van der Waals surface area contributed by atoms with Crippen molar-refractivity contribution in [1.29, 1.82) is 0 Å². The SMILES string of the molecule is CCCC(C)(N)C(=O)Nc1ccccc1SCC. The van der Waals surface area contributed by atoms with Crippen molar-refractivity contribution < 1.29 is 4.79 Å². The number of anilines is 1. The van der Waals surface area contributed by atoms with Crippen molar-refractivity contribution in [2.24, 2.45) is 5.73 Å². The number of hydrogen-bond acceptors (Lipinski definition) is 3. The van der Waals surface area contributed by atoms with E-state index in [-0.39, 0.29) is 5.91 Å². The van der Waals surface area contributed by atoms with Gasteiger partial charge in [0.1, 0.15) is 0 Å². The maximum Gasteiger partial charge on any atom is 0.244 e. The molecule has 0 aromatic heterocycles. The summed E-state index contributed by atoms with van der Waals surface area (Å²) in [7, 11) is 0. The van der Waals surface area contributed by atoms with E-state index in [0.717, 1.165) is 22.8 Å². The third kappa shape index (κ3) is 4.03. The molecule has 100 valence electrons. The van der Waals surface area contributed by atoms with E-state index < -0.39 is 5.54 Å². The van der Waals surface area contributed by atoms with E-state index in [1.165, 1.54) is 0 Å². The molecule has 4 heteroatoms. The number of rotatable bonds is 6. The molecular weight excluding hydrogens is 244 g/mol. The second-order valence-electron chi connectivity index (χ2n) is 4.55. The van der Waals surface area contributed by atoms with Crippen LogP contribution in [0.15, 0.2) is 29.2 Å². The van der Waals surface area contributed by atoms with Gasteiger partial charge in [-0.1, -0.05) is 32.4 Å². The van der Waals surface area contributed by atoms with Crippen molar-refractivity contribution in [3.05, 3.63) is 24.3 Å². The Kier molecular flexibility index (Phi) is 5.69. The van der Waals surface area contributed by atoms with Gasteiger partial charge in [-0.25, -0.2) is 0 Å². The quantitative estimate of drug-likeness (QED) is 0.777. The minimum atomic E-state index is -0.807. The molecule has 0 fully saturated rings. The number of hydrogen-bond donors (Lipinski definition) is 2. The topological polar surface area (TPSA) is 55.1 Å². The fraction of sp³-hybridized carbons (Fsp3) is 0.500. The average molecular weight is 266 g/mol. The zero-order valence-electron chi connectivity index (χ0n) is 11.3. The lowest BCUT2D eigenvalue weighted by atomic mass is 9.96. The Labute approximate surface area is 114 Å². The lowest BCUT2D eigenvalue weighted by Crippen LogP contribution is -2.48. The number of carbonyl (C=O) groups is 1. The van der Waals surface area contributed by atoms with Crippen molar-refractivity contribution in [3.63, 3.8) is 0 Å². The van der Waals surface area contributed by atoms with Crippen LogP contribution in [0.5, 0.6) is 0 Å². The van der Waals surface area contributed by atoms with Crippen molar-refractivity contribution in [2.75, 3.05) is 11.1 Å². The molecule has 1 aromatic carbocycles. The molecule has 3 N–H and O–H groups in total. The first-order chi connectivity index (χ1) is 8.51. The van der Waals surface area contributed by atoms with Crippen LogP contribution in [0.4, 0.5) is 5.69 Å². The van der Waals surface area contributed by atoms with Crippen LogP contribution in [0.1, 0.15) is 33.6 Å². The normalized spacial score (nSPS) is 14.0. The molecule has 0 heterocycles. The fourth-order valence-corrected chi connectivity index (χ4v) is 2.51. The number of nitrogens with two attached hydrogens (primary N) is 1. The van der Waals surface area contributed by atoms with Gasteiger partial charge in [0, 0.05) is 4.90 Å². The number of benzene rings is 1. The van der Waals surface area contributed by atoms with E-state index in [2.05, 4.69) is 12.2 Å². The van der Waals surface area contributed by atoms with Gasteiger partial charge < -0.3 is 11.1 Å². The summed E-state index contributed by atoms with van der Waals surface area (Å²) in [6.45, 7) is 5.90. The van der Waals surface area contributed by atoms with E-state index in [1.54, 1.807) is 18.7 Å². The summed E-state index contributed by atoms with van der Waals surface area (Å²) in [5.74, 6) is 0.857. The predicted octanol–water partition coefficient (Wildman–Crippen LogP) is 3.25. The Balaban J connectivity index is 2.81. The predicted molar refractivity (Wildman–Crippen MR) is 79.0 cm³/mol. The minimum Gasteiger partial charge on any atom is -0.323 e. The van der Waals surface area contributed by atoms with E-state index in [0.29, 0.717) is 6.42 Å². The molecule has 3 nitrogen and oxygen atoms in total. The molecule has 0 spiro atoms. The Hall–Kier alpha value is -1.00. The number of amides is 1. The summed E-state index contributed by atoms with van der Waals surface area (Å²) in [4.78, 5) is 13.2. The summed E-state index contributed by atoms with van der Waals surface area (Å²) in [5, 5.41) is 2.94. The summed E-state index contributed by atoms with van der Waals surface area (Å²) < 4.78 is 0. The van der Waals surface area contributed by atoms with Crippen LogP contribution < -0.4 is 11.1 Å². The van der Waals surface area contributed by atoms with E-state index in [9.17, 15) is 4.79 Å². The van der Waals surface area contributed by atoms with Gasteiger partial charge in [0.2, 0.25) is 5.91 Å². The van der Waals surface area contributed by atoms with Gasteiger partial charge in [-0.05, 0) is 31.2 Å². The zero-order valence-corrected chi connectivity index (χ0v) is 12.1. The largest absolute Gasteiger partial charge is 0.323 e. The van der Waals surface area contributed by atoms with Crippen molar-refractivity contribution in [3.8, 4) is 0 Å². The third-order valence-corrected chi connectivity index (χ3v) is 3.68. The van der Waals surface area contributed by atoms with Gasteiger partial charge in [0.15, 0.2) is 0 Å². The molecule has 0 aliphatic carbocycles. The molecule has 1 amide bonds. The molecule has 18 heavy (non-hydrogen) atoms. The van der Waals surface area contributed by atoms with Gasteiger partial charge in [-0.3, -0.25) is 4.79 Å². The average Bonchev–Trinajstić information content (AvgIpc) is 2.32. The summed E-state index contributed by atoms with van der Waals surface area (Å²) in [5.41, 5.74) is 6.07. The highest BCUT2D eigenvalue weighted by molar-refractivity contribution is 7.99. The Bertz CT molecular complexity index is 405. The zero-order chi connectivity index (χ0) is 13.6. The standard InChI is InChI=1S/C14H22N2OS/c1-4-10-14(3,15)13(17)16-11-8-6-7-9-12(11)18-5-2/h6-9H,4-5,10,15H2,1-3H3,(H,16,17). The molecule has 0 saturated carbocycles. The molecule has 1 aromatic rings. The third-order valence-electron chi connectivity index (χ3n) is 2.72. The molecule has 1 rings (SSSR count). The van der Waals surface area contributed by atoms with E-state index >= 15 is 0 Å². The lowest BCUT2D eigenvalue weighted by molar-refractivity contribution is -0.120. The van der Waals surface area contributed by atoms with Crippen molar-refractivity contribution in [1.82, 2.24) is 0 Å². The first-order valence-electron chi connectivity index (χ1n) is 6.33. The molecule has 1 unspecified atom stereocenters. The maximum absolute atomic E-state index is 12.1. The van der Waals surface area contributed by atoms with Crippen LogP contribution in [0.2, 0.25) is 0 Å². The number of para-hydroxylation sites is 1. The van der Waals surface area contributed by atoms with Crippen molar-refractivity contribution >= 4 is 23.4 Å². The summed E-state index contributed by atoms with van der Waals surface area (Å²) in [6, 6.07) is 7.82. The van der Waals surface area contributed by atoms with Gasteiger partial charge in [0.25, 0.3) is 0 Å². The first-order valence-corrected chi connectivity index (χ1v) is 7.32. The molecular formula is C14H22N2OS. The summed E-state index contributed by atoms with van der Waals surface area (Å²) in [6.07, 6.45) is 1.58. The van der Waals surface area contributed by atoms with Crippen molar-refractivity contribution in [2.45, 2.75) is 44.0 Å². The molecule has 0 aliphatic heterocycles. The molecule has 0 radical (unpaired) electrons. The first kappa shape index (κ1) is 15.1. The molecule has 1 atom stereocenters. The van der Waals surface area contributed by atoms with Crippen LogP contribution in [-0.2, 0) is 4.79 Å². The highest BCUT2D eigenvalue weighted by Crippen LogP contribution is 2.27. The second-order valence-corrected chi connectivity index (χ2v) is 5.86. The smallest absolute Gasteiger partial charge is 0.244 e. The Morgan fingerprint density at radius 1 is 1.39 bits per heavy atom. The fourth-order valence-electron chi connectivity index (χ4n) is 1.75. The number of nitrogens with one attached hydrogen (secondary N) is 1. The minimum absolute atomic E-state index is 0.117. The van der Waals surface area contributed by atoms with Crippen LogP contribution >= 0.6 is 11.8 Å². The van der Waals surface area contributed by atoms with Crippen LogP contribution in [-0.4, -0.2) is 17.2 Å². The van der Waals surface area contributed by atoms with Crippen LogP contribution in [0.3, 0.4) is 0 Å². The summed E-state index contributed by atoms with van der Waals surface area (Å²) >= 11 is 1.71. The van der Waals surface area contributed by atoms with Crippen LogP contribution in [0, 0.1) is 0 Å². The molecule has 0 saturated heterocycles. The van der Waals surface area contributed by atoms with E-state index in [1.807, 2.05) is 31.2 Å². The molecule has 0 aliphatic rings. The highest BCUT2D eigenvalue weighted by Gasteiger charge is 2.27. The van der Waals surface area contributed by atoms with E-state index in [4.69, 9.17) is 5.73 Å². The number of thioether (sulfide) groups is 1. The lowest BCUT2D eigenvalue weighted by Gasteiger charge is -2.23. The van der Waals surface area contributed by atoms with Gasteiger partial charge in [-0.2, -0.15) is 0 Å². The highest BCUT2D eigenvalue weighted by atomic mass is 32.2. The number of carbonyl (C=O) groups excluding carboxylic acids is 1. The van der Waals surface area contributed by atoms with Gasteiger partial charge in [-0.15, -0.1) is 11.8 Å². The van der Waals surface area contributed by atoms with Crippen LogP contribution in [0.25, 0.3) is 0 Å². The molecule has 0 bridgehead atoms. The Morgan fingerprint density at radius 3 is 2.67 bits per heavy atom. The maximum atomic E-state index is 12.1. The van der Waals surface area contributed by atoms with Gasteiger partial charge >= 0.3 is 0 Å². The van der Waals surface area contributed by atoms with Gasteiger partial charge in [0.05, 0.1) is 11.2 Å². The Morgan fingerprint density at radius 2 is 2.06 bits per heavy atom. The monoisotopic (exact) mass is 266 g/mol. The second kappa shape index (κ2) is 6.81.